The smallest absolute Gasteiger partial charge is 0.341 e. The van der Waals surface area contributed by atoms with Crippen molar-refractivity contribution < 1.29 is 130 Å². The summed E-state index contributed by atoms with van der Waals surface area (Å²) < 4.78 is 16.7. The SMILES string of the molecule is O=C(O[C@]1(C(=O)c2cc(O)c(O)c(O)c2)O[C@H](CO)[C@@H](O)[C@@](O)(C(=O)c2cc(O)c(O)c(O)c2)[C@]1(OC(=O)c1cc(O)c(O)c(O)c1)C(=O)c1cc(O)c(O)c(O)c1)c1cc(O)c(O)c(O)c1. The fraction of sp³-hybridized carbons (Fsp3) is 0.146. The van der Waals surface area contributed by atoms with Gasteiger partial charge in [-0.3, -0.25) is 14.4 Å². The molecule has 0 amide bonds. The van der Waals surface area contributed by atoms with Crippen molar-refractivity contribution in [2.45, 2.75) is 29.2 Å². The van der Waals surface area contributed by atoms with E-state index in [1.165, 1.54) is 0 Å². The lowest BCUT2D eigenvalue weighted by atomic mass is 9.61. The standard InChI is InChI=1S/C41H32O26/c42-11-27-36(61)39(64,33(58)12-1-17(43)28(53)18(44)2-12)40(34(59)13-3-19(45)29(54)20(46)4-13,66-37(62)15-7-23(49)31(56)24(50)8-15)41(65-27,35(60)14-5-21(47)30(55)22(48)6-14)67-38(63)16-9-25(51)32(57)26(52)10-16/h1-10,27,36,42-57,61,64H,11H2/t27-,36-,39+,40-,41+/m1/s1. The fourth-order valence-corrected chi connectivity index (χ4v) is 7.04. The second-order valence-electron chi connectivity index (χ2n) is 14.4. The molecular weight excluding hydrogens is 908 g/mol. The van der Waals surface area contributed by atoms with Gasteiger partial charge in [0.1, 0.15) is 12.2 Å². The Morgan fingerprint density at radius 1 is 0.433 bits per heavy atom. The number of phenolic OH excluding ortho intramolecular Hbond substituents is 15. The van der Waals surface area contributed by atoms with Gasteiger partial charge >= 0.3 is 17.7 Å². The first kappa shape index (κ1) is 47.4. The first-order valence-electron chi connectivity index (χ1n) is 18.2. The van der Waals surface area contributed by atoms with E-state index in [0.717, 1.165) is 0 Å². The number of esters is 2. The molecule has 1 saturated heterocycles. The Hall–Kier alpha value is -9.11. The third kappa shape index (κ3) is 7.24. The Balaban J connectivity index is 1.90. The molecule has 0 saturated carbocycles. The monoisotopic (exact) mass is 940 g/mol. The van der Waals surface area contributed by atoms with Gasteiger partial charge in [0.25, 0.3) is 5.60 Å². The molecule has 0 bridgehead atoms. The van der Waals surface area contributed by atoms with Crippen molar-refractivity contribution in [2.75, 3.05) is 6.61 Å². The average Bonchev–Trinajstić information content (AvgIpc) is 3.27. The average molecular weight is 941 g/mol. The largest absolute Gasteiger partial charge is 0.504 e. The van der Waals surface area contributed by atoms with Crippen molar-refractivity contribution in [2.24, 2.45) is 0 Å². The summed E-state index contributed by atoms with van der Waals surface area (Å²) in [5.41, 5.74) is -16.6. The Labute approximate surface area is 369 Å². The minimum atomic E-state index is -5.00. The lowest BCUT2D eigenvalue weighted by molar-refractivity contribution is -0.358. The molecule has 26 nitrogen and oxygen atoms in total. The van der Waals surface area contributed by atoms with Gasteiger partial charge in [0.05, 0.1) is 17.7 Å². The maximum Gasteiger partial charge on any atom is 0.341 e. The molecule has 0 radical (unpaired) electrons. The van der Waals surface area contributed by atoms with Crippen LogP contribution < -0.4 is 0 Å². The summed E-state index contributed by atoms with van der Waals surface area (Å²) >= 11 is 0. The number of aliphatic hydroxyl groups is 3. The van der Waals surface area contributed by atoms with E-state index in [0.29, 0.717) is 0 Å². The molecule has 26 heteroatoms. The van der Waals surface area contributed by atoms with Crippen molar-refractivity contribution in [1.82, 2.24) is 0 Å². The molecule has 6 rings (SSSR count). The van der Waals surface area contributed by atoms with Crippen LogP contribution in [0.5, 0.6) is 86.2 Å². The maximum absolute atomic E-state index is 15.8. The van der Waals surface area contributed by atoms with Crippen LogP contribution in [0, 0.1) is 0 Å². The van der Waals surface area contributed by atoms with E-state index in [4.69, 9.17) is 14.2 Å². The van der Waals surface area contributed by atoms with Gasteiger partial charge in [-0.15, -0.1) is 0 Å². The van der Waals surface area contributed by atoms with E-state index >= 15 is 14.4 Å². The molecule has 0 aromatic heterocycles. The van der Waals surface area contributed by atoms with Crippen LogP contribution in [0.1, 0.15) is 51.8 Å². The number of aliphatic hydroxyl groups excluding tert-OH is 2. The molecule has 1 aliphatic rings. The van der Waals surface area contributed by atoms with Crippen molar-refractivity contribution in [3.8, 4) is 86.2 Å². The zero-order valence-electron chi connectivity index (χ0n) is 33.0. The molecule has 1 aliphatic heterocycles. The van der Waals surface area contributed by atoms with Gasteiger partial charge in [0, 0.05) is 16.7 Å². The molecule has 18 N–H and O–H groups in total. The van der Waals surface area contributed by atoms with Crippen LogP contribution in [0.25, 0.3) is 0 Å². The Kier molecular flexibility index (Phi) is 11.6. The predicted octanol–water partition coefficient (Wildman–Crippen LogP) is -0.149. The summed E-state index contributed by atoms with van der Waals surface area (Å²) in [4.78, 5) is 75.5. The van der Waals surface area contributed by atoms with Gasteiger partial charge in [0.2, 0.25) is 23.0 Å². The van der Waals surface area contributed by atoms with E-state index in [1.807, 2.05) is 0 Å². The minimum Gasteiger partial charge on any atom is -0.504 e. The highest BCUT2D eigenvalue weighted by Gasteiger charge is 2.85. The van der Waals surface area contributed by atoms with Gasteiger partial charge in [-0.2, -0.15) is 0 Å². The summed E-state index contributed by atoms with van der Waals surface area (Å²) in [6, 6.07) is 2.11. The number of ketones is 3. The number of aromatic hydroxyl groups is 15. The Morgan fingerprint density at radius 3 is 1.01 bits per heavy atom. The highest BCUT2D eigenvalue weighted by Crippen LogP contribution is 2.55. The predicted molar refractivity (Wildman–Crippen MR) is 209 cm³/mol. The molecule has 352 valence electrons. The van der Waals surface area contributed by atoms with Crippen LogP contribution >= 0.6 is 0 Å². The van der Waals surface area contributed by atoms with Gasteiger partial charge in [0.15, 0.2) is 86.2 Å². The zero-order valence-corrected chi connectivity index (χ0v) is 33.0. The Bertz CT molecular complexity index is 2830. The first-order valence-corrected chi connectivity index (χ1v) is 18.2. The molecule has 67 heavy (non-hydrogen) atoms. The van der Waals surface area contributed by atoms with E-state index in [1.54, 1.807) is 0 Å². The number of benzene rings is 5. The second kappa shape index (κ2) is 16.5. The minimum absolute atomic E-state index is 0.143. The molecule has 0 aliphatic carbocycles. The molecule has 0 unspecified atom stereocenters. The van der Waals surface area contributed by atoms with Crippen LogP contribution in [-0.2, 0) is 14.2 Å². The summed E-state index contributed by atoms with van der Waals surface area (Å²) in [5.74, 6) is -37.7. The van der Waals surface area contributed by atoms with E-state index < -0.39 is 179 Å². The van der Waals surface area contributed by atoms with E-state index in [-0.39, 0.29) is 60.7 Å². The molecule has 5 atom stereocenters. The summed E-state index contributed by atoms with van der Waals surface area (Å²) in [6.07, 6.45) is -6.31. The lowest BCUT2D eigenvalue weighted by Gasteiger charge is -2.58. The lowest BCUT2D eigenvalue weighted by Crippen LogP contribution is -2.87. The highest BCUT2D eigenvalue weighted by atomic mass is 16.8. The van der Waals surface area contributed by atoms with Gasteiger partial charge in [-0.05, 0) is 60.7 Å². The van der Waals surface area contributed by atoms with Crippen molar-refractivity contribution >= 4 is 29.3 Å². The third-order valence-corrected chi connectivity index (χ3v) is 10.3. The highest BCUT2D eigenvalue weighted by molar-refractivity contribution is 6.20. The van der Waals surface area contributed by atoms with Gasteiger partial charge in [-0.25, -0.2) is 9.59 Å². The van der Waals surface area contributed by atoms with Crippen LogP contribution in [0.2, 0.25) is 0 Å². The molecule has 5 aromatic rings. The first-order chi connectivity index (χ1) is 31.2. The van der Waals surface area contributed by atoms with Gasteiger partial charge < -0.3 is 106 Å². The van der Waals surface area contributed by atoms with E-state index in [9.17, 15) is 102 Å². The number of Topliss-reactive ketones (excluding diaryl/α,β-unsaturated/α-hetero) is 3. The molecule has 1 heterocycles. The number of rotatable bonds is 11. The van der Waals surface area contributed by atoms with Crippen LogP contribution in [-0.4, -0.2) is 157 Å². The summed E-state index contributed by atoms with van der Waals surface area (Å²) in [5, 5.41) is 191. The van der Waals surface area contributed by atoms with E-state index in [2.05, 4.69) is 0 Å². The molecule has 1 fully saturated rings. The number of carbonyl (C=O) groups excluding carboxylic acids is 5. The van der Waals surface area contributed by atoms with Crippen LogP contribution in [0.3, 0.4) is 0 Å². The molecule has 0 spiro atoms. The number of hydrogen-bond acceptors (Lipinski definition) is 26. The topological polar surface area (TPSA) is 477 Å². The van der Waals surface area contributed by atoms with Crippen LogP contribution in [0.15, 0.2) is 60.7 Å². The van der Waals surface area contributed by atoms with Crippen molar-refractivity contribution in [1.29, 1.82) is 0 Å². The molecular formula is C41H32O26. The van der Waals surface area contributed by atoms with Gasteiger partial charge in [-0.1, -0.05) is 0 Å². The Morgan fingerprint density at radius 2 is 0.701 bits per heavy atom. The second-order valence-corrected chi connectivity index (χ2v) is 14.4. The maximum atomic E-state index is 15.8. The number of carbonyl (C=O) groups is 5. The summed E-state index contributed by atoms with van der Waals surface area (Å²) in [6.45, 7) is -1.79. The molecule has 5 aromatic carbocycles. The third-order valence-electron chi connectivity index (χ3n) is 10.3. The van der Waals surface area contributed by atoms with Crippen LogP contribution in [0.4, 0.5) is 0 Å². The number of phenols is 15. The number of hydrogen-bond donors (Lipinski definition) is 18. The van der Waals surface area contributed by atoms with Crippen molar-refractivity contribution in [3.63, 3.8) is 0 Å². The summed E-state index contributed by atoms with van der Waals surface area (Å²) in [7, 11) is 0. The van der Waals surface area contributed by atoms with Crippen molar-refractivity contribution in [3.05, 3.63) is 88.5 Å². The quantitative estimate of drug-likeness (QED) is 0.0465. The fourth-order valence-electron chi connectivity index (χ4n) is 7.04. The number of ether oxygens (including phenoxy) is 3. The zero-order chi connectivity index (χ0) is 50.0. The normalized spacial score (nSPS) is 21.2.